The van der Waals surface area contributed by atoms with Gasteiger partial charge < -0.3 is 9.80 Å². The van der Waals surface area contributed by atoms with Gasteiger partial charge in [-0.25, -0.2) is 4.98 Å². The maximum absolute atomic E-state index is 12.5. The first kappa shape index (κ1) is 19.8. The van der Waals surface area contributed by atoms with Crippen LogP contribution in [0, 0.1) is 6.92 Å². The number of aromatic nitrogens is 1. The Morgan fingerprint density at radius 2 is 1.82 bits per heavy atom. The van der Waals surface area contributed by atoms with E-state index in [-0.39, 0.29) is 5.91 Å². The average Bonchev–Trinajstić information content (AvgIpc) is 3.15. The van der Waals surface area contributed by atoms with Gasteiger partial charge in [0.1, 0.15) is 0 Å². The van der Waals surface area contributed by atoms with Gasteiger partial charge in [-0.15, -0.1) is 11.8 Å². The minimum Gasteiger partial charge on any atom is -0.345 e. The van der Waals surface area contributed by atoms with Gasteiger partial charge in [-0.1, -0.05) is 34.5 Å². The zero-order chi connectivity index (χ0) is 19.7. The molecule has 8 heteroatoms. The van der Waals surface area contributed by atoms with Crippen LogP contribution in [0.5, 0.6) is 0 Å². The summed E-state index contributed by atoms with van der Waals surface area (Å²) in [4.78, 5) is 22.6. The summed E-state index contributed by atoms with van der Waals surface area (Å²) >= 11 is 15.3. The molecule has 2 aromatic carbocycles. The normalized spacial score (nSPS) is 14.7. The molecule has 0 saturated carbocycles. The third-order valence-electron chi connectivity index (χ3n) is 4.82. The van der Waals surface area contributed by atoms with Gasteiger partial charge >= 0.3 is 0 Å². The third-order valence-corrected chi connectivity index (χ3v) is 7.56. The van der Waals surface area contributed by atoms with E-state index in [1.165, 1.54) is 0 Å². The van der Waals surface area contributed by atoms with Gasteiger partial charge in [-0.05, 0) is 48.9 Å². The number of aryl methyl sites for hydroxylation is 1. The van der Waals surface area contributed by atoms with Crippen molar-refractivity contribution in [2.75, 3.05) is 36.8 Å². The van der Waals surface area contributed by atoms with Gasteiger partial charge in [-0.3, -0.25) is 4.79 Å². The van der Waals surface area contributed by atoms with Crippen LogP contribution in [-0.2, 0) is 4.79 Å². The van der Waals surface area contributed by atoms with Crippen LogP contribution >= 0.6 is 46.3 Å². The van der Waals surface area contributed by atoms with Crippen molar-refractivity contribution in [2.24, 2.45) is 0 Å². The number of thioether (sulfide) groups is 1. The third kappa shape index (κ3) is 4.25. The van der Waals surface area contributed by atoms with Crippen LogP contribution in [0.2, 0.25) is 10.0 Å². The molecule has 0 N–H and O–H groups in total. The second kappa shape index (κ2) is 8.49. The van der Waals surface area contributed by atoms with Gasteiger partial charge in [0, 0.05) is 41.1 Å². The molecule has 0 aliphatic carbocycles. The number of halogens is 2. The molecular weight excluding hydrogens is 433 g/mol. The molecule has 0 spiro atoms. The van der Waals surface area contributed by atoms with E-state index in [0.717, 1.165) is 57.0 Å². The fourth-order valence-electron chi connectivity index (χ4n) is 3.14. The smallest absolute Gasteiger partial charge is 0.233 e. The van der Waals surface area contributed by atoms with Crippen molar-refractivity contribution in [1.29, 1.82) is 0 Å². The van der Waals surface area contributed by atoms with Crippen molar-refractivity contribution in [3.8, 4) is 0 Å². The molecule has 1 amide bonds. The molecule has 146 valence electrons. The zero-order valence-corrected chi connectivity index (χ0v) is 18.5. The number of amides is 1. The van der Waals surface area contributed by atoms with E-state index in [1.807, 2.05) is 48.2 Å². The molecule has 1 aliphatic rings. The largest absolute Gasteiger partial charge is 0.345 e. The summed E-state index contributed by atoms with van der Waals surface area (Å²) < 4.78 is 1.15. The first-order valence-electron chi connectivity index (χ1n) is 8.98. The lowest BCUT2D eigenvalue weighted by Gasteiger charge is -2.34. The van der Waals surface area contributed by atoms with Crippen LogP contribution in [0.4, 0.5) is 5.13 Å². The highest BCUT2D eigenvalue weighted by Crippen LogP contribution is 2.34. The van der Waals surface area contributed by atoms with Gasteiger partial charge in [0.25, 0.3) is 0 Å². The van der Waals surface area contributed by atoms with Crippen molar-refractivity contribution in [3.63, 3.8) is 0 Å². The predicted octanol–water partition coefficient (Wildman–Crippen LogP) is 5.35. The lowest BCUT2D eigenvalue weighted by molar-refractivity contribution is -0.128. The average molecular weight is 452 g/mol. The Hall–Kier alpha value is -1.47. The first-order chi connectivity index (χ1) is 13.5. The number of carbonyl (C=O) groups excluding carboxylic acids is 1. The van der Waals surface area contributed by atoms with Crippen molar-refractivity contribution in [1.82, 2.24) is 9.88 Å². The standard InChI is InChI=1S/C20H19Cl2N3OS2/c1-13-16(22)6-7-17-19(13)23-20(28-17)25-10-8-24(9-11-25)18(26)12-27-15-4-2-14(21)3-5-15/h2-7H,8-12H2,1H3. The Balaban J connectivity index is 1.34. The summed E-state index contributed by atoms with van der Waals surface area (Å²) in [6.07, 6.45) is 0. The Morgan fingerprint density at radius 3 is 2.54 bits per heavy atom. The molecule has 1 fully saturated rings. The minimum atomic E-state index is 0.173. The number of fused-ring (bicyclic) bond motifs is 1. The quantitative estimate of drug-likeness (QED) is 0.500. The number of carbonyl (C=O) groups is 1. The fourth-order valence-corrected chi connectivity index (χ4v) is 5.29. The van der Waals surface area contributed by atoms with Crippen LogP contribution in [-0.4, -0.2) is 47.7 Å². The number of benzene rings is 2. The molecule has 4 nitrogen and oxygen atoms in total. The van der Waals surface area contributed by atoms with Gasteiger partial charge in [0.05, 0.1) is 16.0 Å². The van der Waals surface area contributed by atoms with E-state index in [1.54, 1.807) is 23.1 Å². The summed E-state index contributed by atoms with van der Waals surface area (Å²) in [5.41, 5.74) is 2.00. The SMILES string of the molecule is Cc1c(Cl)ccc2sc(N3CCN(C(=O)CSc4ccc(Cl)cc4)CC3)nc12. The molecule has 0 bridgehead atoms. The van der Waals surface area contributed by atoms with Crippen LogP contribution in [0.15, 0.2) is 41.3 Å². The monoisotopic (exact) mass is 451 g/mol. The number of piperazine rings is 1. The lowest BCUT2D eigenvalue weighted by atomic mass is 10.2. The second-order valence-electron chi connectivity index (χ2n) is 6.63. The molecule has 0 radical (unpaired) electrons. The van der Waals surface area contributed by atoms with Gasteiger partial charge in [0.15, 0.2) is 5.13 Å². The topological polar surface area (TPSA) is 36.4 Å². The molecular formula is C20H19Cl2N3OS2. The van der Waals surface area contributed by atoms with E-state index < -0.39 is 0 Å². The molecule has 28 heavy (non-hydrogen) atoms. The predicted molar refractivity (Wildman–Crippen MR) is 120 cm³/mol. The van der Waals surface area contributed by atoms with E-state index in [9.17, 15) is 4.79 Å². The van der Waals surface area contributed by atoms with Crippen molar-refractivity contribution in [2.45, 2.75) is 11.8 Å². The fraction of sp³-hybridized carbons (Fsp3) is 0.300. The highest BCUT2D eigenvalue weighted by Gasteiger charge is 2.23. The number of hydrogen-bond donors (Lipinski definition) is 0. The Bertz CT molecular complexity index is 999. The molecule has 0 atom stereocenters. The molecule has 3 aromatic rings. The minimum absolute atomic E-state index is 0.173. The van der Waals surface area contributed by atoms with Crippen molar-refractivity contribution >= 4 is 67.6 Å². The lowest BCUT2D eigenvalue weighted by Crippen LogP contribution is -2.49. The summed E-state index contributed by atoms with van der Waals surface area (Å²) in [6, 6.07) is 11.5. The van der Waals surface area contributed by atoms with Gasteiger partial charge in [-0.2, -0.15) is 0 Å². The van der Waals surface area contributed by atoms with E-state index >= 15 is 0 Å². The Morgan fingerprint density at radius 1 is 1.11 bits per heavy atom. The van der Waals surface area contributed by atoms with Crippen LogP contribution in [0.3, 0.4) is 0 Å². The van der Waals surface area contributed by atoms with Crippen molar-refractivity contribution in [3.05, 3.63) is 52.0 Å². The van der Waals surface area contributed by atoms with E-state index in [0.29, 0.717) is 10.8 Å². The molecule has 4 rings (SSSR count). The molecule has 2 heterocycles. The molecule has 0 unspecified atom stereocenters. The number of thiazole rings is 1. The van der Waals surface area contributed by atoms with E-state index in [4.69, 9.17) is 28.2 Å². The Kier molecular flexibility index (Phi) is 6.01. The van der Waals surface area contributed by atoms with Crippen LogP contribution in [0.25, 0.3) is 10.2 Å². The second-order valence-corrected chi connectivity index (χ2v) is 9.53. The zero-order valence-electron chi connectivity index (χ0n) is 15.3. The first-order valence-corrected chi connectivity index (χ1v) is 11.5. The van der Waals surface area contributed by atoms with Crippen LogP contribution in [0.1, 0.15) is 5.56 Å². The number of anilines is 1. The number of hydrogen-bond acceptors (Lipinski definition) is 5. The highest BCUT2D eigenvalue weighted by molar-refractivity contribution is 8.00. The summed E-state index contributed by atoms with van der Waals surface area (Å²) in [5.74, 6) is 0.618. The summed E-state index contributed by atoms with van der Waals surface area (Å²) in [5, 5.41) is 2.46. The molecule has 1 saturated heterocycles. The summed E-state index contributed by atoms with van der Waals surface area (Å²) in [7, 11) is 0. The molecule has 1 aromatic heterocycles. The number of rotatable bonds is 4. The number of nitrogens with zero attached hydrogens (tertiary/aromatic N) is 3. The molecule has 1 aliphatic heterocycles. The highest BCUT2D eigenvalue weighted by atomic mass is 35.5. The maximum Gasteiger partial charge on any atom is 0.233 e. The summed E-state index contributed by atoms with van der Waals surface area (Å²) in [6.45, 7) is 5.03. The van der Waals surface area contributed by atoms with Crippen molar-refractivity contribution < 1.29 is 4.79 Å². The van der Waals surface area contributed by atoms with Gasteiger partial charge in [0.2, 0.25) is 5.91 Å². The van der Waals surface area contributed by atoms with Crippen LogP contribution < -0.4 is 4.90 Å². The van der Waals surface area contributed by atoms with E-state index in [2.05, 4.69) is 4.90 Å². The Labute approximate surface area is 182 Å². The maximum atomic E-state index is 12.5.